The SMILES string of the molecule is COc1cc(N)c(C(=O)N2CC3(CC3)C[C@H]2CO[Si](C)(C)C(C)(C)C)cc1OC. The molecule has 1 atom stereocenters. The second-order valence-electron chi connectivity index (χ2n) is 10.2. The van der Waals surface area contributed by atoms with E-state index in [0.29, 0.717) is 29.4 Å². The lowest BCUT2D eigenvalue weighted by Crippen LogP contribution is -2.46. The molecule has 2 N–H and O–H groups in total. The first kappa shape index (κ1) is 22.0. The molecule has 1 aliphatic carbocycles. The van der Waals surface area contributed by atoms with E-state index in [0.717, 1.165) is 13.0 Å². The van der Waals surface area contributed by atoms with E-state index in [-0.39, 0.29) is 22.4 Å². The third-order valence-corrected chi connectivity index (χ3v) is 11.6. The van der Waals surface area contributed by atoms with Crippen LogP contribution < -0.4 is 15.2 Å². The first-order valence-corrected chi connectivity index (χ1v) is 13.3. The zero-order chi connectivity index (χ0) is 21.6. The summed E-state index contributed by atoms with van der Waals surface area (Å²) in [7, 11) is 1.24. The third-order valence-electron chi connectivity index (χ3n) is 7.06. The molecule has 6 nitrogen and oxygen atoms in total. The molecule has 3 rings (SSSR count). The van der Waals surface area contributed by atoms with Gasteiger partial charge in [-0.25, -0.2) is 0 Å². The number of ether oxygens (including phenoxy) is 2. The van der Waals surface area contributed by atoms with Crippen molar-refractivity contribution >= 4 is 19.9 Å². The minimum atomic E-state index is -1.88. The van der Waals surface area contributed by atoms with Crippen molar-refractivity contribution in [3.8, 4) is 11.5 Å². The van der Waals surface area contributed by atoms with Gasteiger partial charge in [0.1, 0.15) is 0 Å². The molecule has 1 spiro atoms. The van der Waals surface area contributed by atoms with Gasteiger partial charge in [0.2, 0.25) is 0 Å². The molecule has 1 amide bonds. The topological polar surface area (TPSA) is 74.0 Å². The zero-order valence-corrected chi connectivity index (χ0v) is 19.9. The second-order valence-corrected chi connectivity index (χ2v) is 15.0. The van der Waals surface area contributed by atoms with Crippen LogP contribution in [0.2, 0.25) is 18.1 Å². The normalized spacial score (nSPS) is 20.8. The molecule has 0 radical (unpaired) electrons. The Morgan fingerprint density at radius 3 is 2.31 bits per heavy atom. The third kappa shape index (κ3) is 4.26. The van der Waals surface area contributed by atoms with Crippen LogP contribution in [0.4, 0.5) is 5.69 Å². The average molecular weight is 421 g/mol. The molecule has 1 saturated carbocycles. The lowest BCUT2D eigenvalue weighted by atomic mass is 10.0. The standard InChI is InChI=1S/C22H36N2O4Si/c1-21(2,3)29(6,7)28-13-15-12-22(8-9-22)14-24(15)20(25)16-10-18(26-4)19(27-5)11-17(16)23/h10-11,15H,8-9,12-14,23H2,1-7H3/t15-/m0/s1. The number of benzene rings is 1. The molecule has 2 aliphatic rings. The van der Waals surface area contributed by atoms with Crippen molar-refractivity contribution in [2.24, 2.45) is 5.41 Å². The number of likely N-dealkylation sites (tertiary alicyclic amines) is 1. The number of hydrogen-bond donors (Lipinski definition) is 1. The maximum Gasteiger partial charge on any atom is 0.256 e. The summed E-state index contributed by atoms with van der Waals surface area (Å²) < 4.78 is 17.2. The summed E-state index contributed by atoms with van der Waals surface area (Å²) in [6, 6.07) is 3.45. The van der Waals surface area contributed by atoms with Gasteiger partial charge in [0.25, 0.3) is 5.91 Å². The number of amides is 1. The predicted molar refractivity (Wildman–Crippen MR) is 118 cm³/mol. The van der Waals surface area contributed by atoms with Crippen molar-refractivity contribution in [1.82, 2.24) is 4.90 Å². The van der Waals surface area contributed by atoms with E-state index >= 15 is 0 Å². The highest BCUT2D eigenvalue weighted by Crippen LogP contribution is 2.55. The maximum absolute atomic E-state index is 13.5. The van der Waals surface area contributed by atoms with E-state index in [1.54, 1.807) is 26.4 Å². The van der Waals surface area contributed by atoms with Gasteiger partial charge in [0.15, 0.2) is 19.8 Å². The van der Waals surface area contributed by atoms with E-state index in [2.05, 4.69) is 33.9 Å². The van der Waals surface area contributed by atoms with Crippen LogP contribution in [0.25, 0.3) is 0 Å². The first-order chi connectivity index (χ1) is 13.4. The van der Waals surface area contributed by atoms with Crippen LogP contribution in [0, 0.1) is 5.41 Å². The van der Waals surface area contributed by atoms with Crippen molar-refractivity contribution in [3.05, 3.63) is 17.7 Å². The van der Waals surface area contributed by atoms with E-state index < -0.39 is 8.32 Å². The fourth-order valence-corrected chi connectivity index (χ4v) is 4.89. The Balaban J connectivity index is 1.83. The van der Waals surface area contributed by atoms with Crippen LogP contribution in [-0.2, 0) is 4.43 Å². The summed E-state index contributed by atoms with van der Waals surface area (Å²) >= 11 is 0. The van der Waals surface area contributed by atoms with Crippen LogP contribution in [-0.4, -0.2) is 52.5 Å². The molecule has 1 aromatic carbocycles. The molecule has 1 heterocycles. The largest absolute Gasteiger partial charge is 0.493 e. The van der Waals surface area contributed by atoms with Crippen molar-refractivity contribution in [1.29, 1.82) is 0 Å². The molecular weight excluding hydrogens is 384 g/mol. The Labute approximate surface area is 175 Å². The highest BCUT2D eigenvalue weighted by atomic mass is 28.4. The van der Waals surface area contributed by atoms with Crippen molar-refractivity contribution < 1.29 is 18.7 Å². The second kappa shape index (κ2) is 7.51. The molecule has 1 aromatic rings. The van der Waals surface area contributed by atoms with Gasteiger partial charge in [0, 0.05) is 18.3 Å². The number of carbonyl (C=O) groups is 1. The van der Waals surface area contributed by atoms with Gasteiger partial charge < -0.3 is 24.5 Å². The van der Waals surface area contributed by atoms with Gasteiger partial charge in [-0.15, -0.1) is 0 Å². The number of rotatable bonds is 6. The summed E-state index contributed by atoms with van der Waals surface area (Å²) in [5.41, 5.74) is 7.37. The molecule has 7 heteroatoms. The van der Waals surface area contributed by atoms with Crippen molar-refractivity contribution in [2.75, 3.05) is 33.1 Å². The Morgan fingerprint density at radius 2 is 1.79 bits per heavy atom. The van der Waals surface area contributed by atoms with Crippen LogP contribution in [0.3, 0.4) is 0 Å². The molecule has 0 aromatic heterocycles. The van der Waals surface area contributed by atoms with Crippen LogP contribution in [0.15, 0.2) is 12.1 Å². The van der Waals surface area contributed by atoms with Gasteiger partial charge in [-0.2, -0.15) is 0 Å². The maximum atomic E-state index is 13.5. The quantitative estimate of drug-likeness (QED) is 0.548. The van der Waals surface area contributed by atoms with E-state index in [1.807, 2.05) is 4.90 Å². The lowest BCUT2D eigenvalue weighted by Gasteiger charge is -2.38. The molecule has 0 bridgehead atoms. The summed E-state index contributed by atoms with van der Waals surface area (Å²) in [6.07, 6.45) is 3.39. The number of nitrogens with two attached hydrogens (primary N) is 1. The fraction of sp³-hybridized carbons (Fsp3) is 0.682. The smallest absolute Gasteiger partial charge is 0.256 e. The highest BCUT2D eigenvalue weighted by Gasteiger charge is 2.54. The number of carbonyl (C=O) groups excluding carboxylic acids is 1. The van der Waals surface area contributed by atoms with E-state index in [4.69, 9.17) is 19.6 Å². The van der Waals surface area contributed by atoms with Gasteiger partial charge in [-0.3, -0.25) is 4.79 Å². The van der Waals surface area contributed by atoms with Gasteiger partial charge in [-0.1, -0.05) is 20.8 Å². The average Bonchev–Trinajstić information content (AvgIpc) is 3.29. The minimum absolute atomic E-state index is 0.0453. The molecule has 2 fully saturated rings. The summed E-state index contributed by atoms with van der Waals surface area (Å²) in [6.45, 7) is 12.6. The molecule has 0 unspecified atom stereocenters. The van der Waals surface area contributed by atoms with E-state index in [9.17, 15) is 4.79 Å². The monoisotopic (exact) mass is 420 g/mol. The van der Waals surface area contributed by atoms with Gasteiger partial charge in [0.05, 0.1) is 32.4 Å². The number of hydrogen-bond acceptors (Lipinski definition) is 5. The Morgan fingerprint density at radius 1 is 1.21 bits per heavy atom. The summed E-state index contributed by atoms with van der Waals surface area (Å²) in [4.78, 5) is 15.5. The molecular formula is C22H36N2O4Si. The molecule has 162 valence electrons. The highest BCUT2D eigenvalue weighted by molar-refractivity contribution is 6.74. The minimum Gasteiger partial charge on any atom is -0.493 e. The van der Waals surface area contributed by atoms with Crippen LogP contribution in [0.1, 0.15) is 50.4 Å². The Bertz CT molecular complexity index is 784. The van der Waals surface area contributed by atoms with Crippen molar-refractivity contribution in [3.63, 3.8) is 0 Å². The van der Waals surface area contributed by atoms with Gasteiger partial charge in [-0.05, 0) is 48.9 Å². The lowest BCUT2D eigenvalue weighted by molar-refractivity contribution is 0.0680. The number of methoxy groups -OCH3 is 2. The van der Waals surface area contributed by atoms with Gasteiger partial charge >= 0.3 is 0 Å². The zero-order valence-electron chi connectivity index (χ0n) is 18.9. The Kier molecular flexibility index (Phi) is 5.68. The fourth-order valence-electron chi connectivity index (χ4n) is 3.85. The van der Waals surface area contributed by atoms with Crippen LogP contribution in [0.5, 0.6) is 11.5 Å². The van der Waals surface area contributed by atoms with Crippen LogP contribution >= 0.6 is 0 Å². The Hall–Kier alpha value is -1.73. The predicted octanol–water partition coefficient (Wildman–Crippen LogP) is 4.30. The number of nitrogen functional groups attached to an aromatic ring is 1. The number of anilines is 1. The summed E-state index contributed by atoms with van der Waals surface area (Å²) in [5.74, 6) is 0.995. The number of nitrogens with zero attached hydrogens (tertiary/aromatic N) is 1. The van der Waals surface area contributed by atoms with E-state index in [1.165, 1.54) is 12.8 Å². The molecule has 1 aliphatic heterocycles. The molecule has 1 saturated heterocycles. The molecule has 29 heavy (non-hydrogen) atoms. The van der Waals surface area contributed by atoms with Crippen molar-refractivity contribution in [2.45, 2.75) is 64.2 Å². The first-order valence-electron chi connectivity index (χ1n) is 10.4. The summed E-state index contributed by atoms with van der Waals surface area (Å²) in [5, 5.41) is 0.144.